The first-order valence-corrected chi connectivity index (χ1v) is 6.56. The Bertz CT molecular complexity index is 573. The number of hydrogen-bond acceptors (Lipinski definition) is 4. The van der Waals surface area contributed by atoms with Crippen LogP contribution in [-0.2, 0) is 0 Å². The van der Waals surface area contributed by atoms with E-state index in [1.807, 2.05) is 32.0 Å². The summed E-state index contributed by atoms with van der Waals surface area (Å²) in [6.07, 6.45) is 0. The first kappa shape index (κ1) is 14.2. The second-order valence-corrected chi connectivity index (χ2v) is 4.78. The molecule has 0 spiro atoms. The minimum atomic E-state index is 0.0787. The van der Waals surface area contributed by atoms with Gasteiger partial charge in [0.05, 0.1) is 37.3 Å². The highest BCUT2D eigenvalue weighted by Crippen LogP contribution is 2.32. The van der Waals surface area contributed by atoms with E-state index in [0.717, 1.165) is 34.1 Å². The van der Waals surface area contributed by atoms with Gasteiger partial charge in [0.2, 0.25) is 0 Å². The summed E-state index contributed by atoms with van der Waals surface area (Å²) in [5, 5.41) is 10.6. The summed E-state index contributed by atoms with van der Waals surface area (Å²) >= 11 is 0. The summed E-state index contributed by atoms with van der Waals surface area (Å²) in [5.41, 5.74) is 4.06. The molecule has 1 aromatic carbocycles. The molecule has 0 aliphatic heterocycles. The van der Waals surface area contributed by atoms with Gasteiger partial charge in [-0.2, -0.15) is 5.10 Å². The maximum atomic E-state index is 5.43. The molecular weight excluding hydrogens is 254 g/mol. The molecular formula is C15H21N3O2. The van der Waals surface area contributed by atoms with Crippen LogP contribution >= 0.6 is 0 Å². The van der Waals surface area contributed by atoms with Crippen molar-refractivity contribution in [1.29, 1.82) is 0 Å². The number of anilines is 1. The van der Waals surface area contributed by atoms with Gasteiger partial charge in [-0.3, -0.25) is 5.10 Å². The maximum Gasteiger partial charge on any atom is 0.124 e. The molecule has 0 aliphatic carbocycles. The lowest BCUT2D eigenvalue weighted by atomic mass is 10.1. The van der Waals surface area contributed by atoms with E-state index < -0.39 is 0 Å². The van der Waals surface area contributed by atoms with Gasteiger partial charge in [0, 0.05) is 5.56 Å². The van der Waals surface area contributed by atoms with Crippen LogP contribution in [-0.4, -0.2) is 24.4 Å². The van der Waals surface area contributed by atoms with Crippen molar-refractivity contribution in [2.24, 2.45) is 0 Å². The number of benzene rings is 1. The van der Waals surface area contributed by atoms with Crippen molar-refractivity contribution in [2.75, 3.05) is 19.5 Å². The first-order chi connectivity index (χ1) is 9.56. The molecule has 0 bridgehead atoms. The van der Waals surface area contributed by atoms with E-state index in [1.165, 1.54) is 0 Å². The van der Waals surface area contributed by atoms with E-state index in [1.54, 1.807) is 14.2 Å². The van der Waals surface area contributed by atoms with Crippen molar-refractivity contribution >= 4 is 5.69 Å². The average Bonchev–Trinajstić information content (AvgIpc) is 2.78. The van der Waals surface area contributed by atoms with Crippen molar-refractivity contribution in [1.82, 2.24) is 10.2 Å². The molecule has 1 atom stereocenters. The molecule has 0 saturated heterocycles. The van der Waals surface area contributed by atoms with Crippen molar-refractivity contribution in [2.45, 2.75) is 26.8 Å². The highest BCUT2D eigenvalue weighted by molar-refractivity contribution is 5.54. The third-order valence-electron chi connectivity index (χ3n) is 3.39. The largest absolute Gasteiger partial charge is 0.497 e. The lowest BCUT2D eigenvalue weighted by Gasteiger charge is -2.19. The van der Waals surface area contributed by atoms with Gasteiger partial charge < -0.3 is 14.8 Å². The summed E-state index contributed by atoms with van der Waals surface area (Å²) in [6, 6.07) is 5.88. The topological polar surface area (TPSA) is 59.2 Å². The smallest absolute Gasteiger partial charge is 0.124 e. The second-order valence-electron chi connectivity index (χ2n) is 4.78. The molecule has 0 saturated carbocycles. The fourth-order valence-electron chi connectivity index (χ4n) is 2.24. The van der Waals surface area contributed by atoms with Crippen LogP contribution in [0.5, 0.6) is 11.5 Å². The SMILES string of the molecule is COc1ccc(OC)c(C(C)Nc2c(C)n[nH]c2C)c1. The molecule has 2 N–H and O–H groups in total. The van der Waals surface area contributed by atoms with Crippen LogP contribution in [0.2, 0.25) is 0 Å². The molecule has 0 fully saturated rings. The number of aromatic nitrogens is 2. The Morgan fingerprint density at radius 1 is 1.20 bits per heavy atom. The number of rotatable bonds is 5. The van der Waals surface area contributed by atoms with E-state index in [2.05, 4.69) is 22.4 Å². The van der Waals surface area contributed by atoms with Gasteiger partial charge in [-0.05, 0) is 39.0 Å². The number of aryl methyl sites for hydroxylation is 2. The van der Waals surface area contributed by atoms with Gasteiger partial charge in [-0.1, -0.05) is 0 Å². The Morgan fingerprint density at radius 2 is 1.95 bits per heavy atom. The fourth-order valence-corrected chi connectivity index (χ4v) is 2.24. The van der Waals surface area contributed by atoms with Crippen LogP contribution < -0.4 is 14.8 Å². The minimum Gasteiger partial charge on any atom is -0.497 e. The van der Waals surface area contributed by atoms with Crippen molar-refractivity contribution in [3.8, 4) is 11.5 Å². The normalized spacial score (nSPS) is 12.1. The van der Waals surface area contributed by atoms with E-state index in [4.69, 9.17) is 9.47 Å². The number of nitrogens with zero attached hydrogens (tertiary/aromatic N) is 1. The fraction of sp³-hybridized carbons (Fsp3) is 0.400. The number of hydrogen-bond donors (Lipinski definition) is 2. The van der Waals surface area contributed by atoms with E-state index in [-0.39, 0.29) is 6.04 Å². The lowest BCUT2D eigenvalue weighted by Crippen LogP contribution is -2.09. The van der Waals surface area contributed by atoms with Gasteiger partial charge in [0.1, 0.15) is 11.5 Å². The predicted molar refractivity (Wildman–Crippen MR) is 79.6 cm³/mol. The summed E-state index contributed by atoms with van der Waals surface area (Å²) in [5.74, 6) is 1.65. The van der Waals surface area contributed by atoms with E-state index in [0.29, 0.717) is 0 Å². The van der Waals surface area contributed by atoms with Crippen LogP contribution in [0.3, 0.4) is 0 Å². The predicted octanol–water partition coefficient (Wildman–Crippen LogP) is 3.22. The third-order valence-corrected chi connectivity index (χ3v) is 3.39. The molecule has 2 rings (SSSR count). The van der Waals surface area contributed by atoms with Gasteiger partial charge >= 0.3 is 0 Å². The molecule has 0 radical (unpaired) electrons. The highest BCUT2D eigenvalue weighted by atomic mass is 16.5. The zero-order valence-electron chi connectivity index (χ0n) is 12.6. The number of H-pyrrole nitrogens is 1. The van der Waals surface area contributed by atoms with Crippen molar-refractivity contribution in [3.63, 3.8) is 0 Å². The summed E-state index contributed by atoms with van der Waals surface area (Å²) in [7, 11) is 3.33. The Hall–Kier alpha value is -2.17. The molecule has 1 unspecified atom stereocenters. The van der Waals surface area contributed by atoms with Gasteiger partial charge in [-0.15, -0.1) is 0 Å². The zero-order chi connectivity index (χ0) is 14.7. The standard InChI is InChI=1S/C15H21N3O2/c1-9(16-15-10(2)17-18-11(15)3)13-8-12(19-4)6-7-14(13)20-5/h6-9,16H,1-5H3,(H,17,18). The first-order valence-electron chi connectivity index (χ1n) is 6.56. The number of ether oxygens (including phenoxy) is 2. The molecule has 0 amide bonds. The molecule has 20 heavy (non-hydrogen) atoms. The van der Waals surface area contributed by atoms with E-state index in [9.17, 15) is 0 Å². The Morgan fingerprint density at radius 3 is 2.50 bits per heavy atom. The lowest BCUT2D eigenvalue weighted by molar-refractivity contribution is 0.397. The van der Waals surface area contributed by atoms with Crippen molar-refractivity contribution in [3.05, 3.63) is 35.2 Å². The number of methoxy groups -OCH3 is 2. The summed E-state index contributed by atoms with van der Waals surface area (Å²) in [4.78, 5) is 0. The Balaban J connectivity index is 2.30. The Kier molecular flexibility index (Phi) is 4.17. The van der Waals surface area contributed by atoms with Crippen molar-refractivity contribution < 1.29 is 9.47 Å². The minimum absolute atomic E-state index is 0.0787. The average molecular weight is 275 g/mol. The molecule has 0 aliphatic rings. The van der Waals surface area contributed by atoms with Gasteiger partial charge in [0.25, 0.3) is 0 Å². The highest BCUT2D eigenvalue weighted by Gasteiger charge is 2.15. The van der Waals surface area contributed by atoms with Crippen LogP contribution in [0.15, 0.2) is 18.2 Å². The molecule has 108 valence electrons. The molecule has 5 nitrogen and oxygen atoms in total. The number of nitrogens with one attached hydrogen (secondary N) is 2. The quantitative estimate of drug-likeness (QED) is 0.879. The number of aromatic amines is 1. The summed E-state index contributed by atoms with van der Waals surface area (Å²) in [6.45, 7) is 6.06. The Labute approximate surface area is 119 Å². The van der Waals surface area contributed by atoms with Gasteiger partial charge in [-0.25, -0.2) is 0 Å². The van der Waals surface area contributed by atoms with Crippen LogP contribution in [0, 0.1) is 13.8 Å². The third kappa shape index (κ3) is 2.71. The molecule has 1 heterocycles. The monoisotopic (exact) mass is 275 g/mol. The molecule has 5 heteroatoms. The van der Waals surface area contributed by atoms with Gasteiger partial charge in [0.15, 0.2) is 0 Å². The second kappa shape index (κ2) is 5.86. The van der Waals surface area contributed by atoms with Crippen LogP contribution in [0.1, 0.15) is 29.9 Å². The van der Waals surface area contributed by atoms with E-state index >= 15 is 0 Å². The molecule has 2 aromatic rings. The maximum absolute atomic E-state index is 5.43. The van der Waals surface area contributed by atoms with Crippen LogP contribution in [0.4, 0.5) is 5.69 Å². The zero-order valence-corrected chi connectivity index (χ0v) is 12.6. The van der Waals surface area contributed by atoms with Crippen LogP contribution in [0.25, 0.3) is 0 Å². The molecule has 1 aromatic heterocycles. The summed E-state index contributed by atoms with van der Waals surface area (Å²) < 4.78 is 10.7.